The molecule has 0 saturated carbocycles. The molecule has 1 amide bonds. The lowest BCUT2D eigenvalue weighted by Crippen LogP contribution is -2.47. The first-order chi connectivity index (χ1) is 7.41. The van der Waals surface area contributed by atoms with Crippen LogP contribution in [0.25, 0.3) is 0 Å². The maximum absolute atomic E-state index is 11.9. The smallest absolute Gasteiger partial charge is 0.303 e. The Balaban J connectivity index is 2.45. The monoisotopic (exact) mass is 228 g/mol. The molecule has 0 aliphatic carbocycles. The third-order valence-corrected chi connectivity index (χ3v) is 2.73. The highest BCUT2D eigenvalue weighted by Gasteiger charge is 2.28. The van der Waals surface area contributed by atoms with Crippen molar-refractivity contribution in [3.8, 4) is 0 Å². The molecule has 1 saturated heterocycles. The van der Waals surface area contributed by atoms with Crippen LogP contribution in [0, 0.1) is 5.41 Å². The number of carboxylic acid groups (broad SMARTS) is 1. The Labute approximate surface area is 95.8 Å². The highest BCUT2D eigenvalue weighted by molar-refractivity contribution is 5.78. The van der Waals surface area contributed by atoms with Crippen molar-refractivity contribution >= 4 is 11.9 Å². The Morgan fingerprint density at radius 2 is 1.81 bits per heavy atom. The van der Waals surface area contributed by atoms with Crippen molar-refractivity contribution in [2.75, 3.05) is 26.2 Å². The Bertz CT molecular complexity index is 270. The topological polar surface area (TPSA) is 69.6 Å². The first kappa shape index (κ1) is 13.0. The van der Waals surface area contributed by atoms with E-state index in [0.717, 1.165) is 26.2 Å². The minimum absolute atomic E-state index is 0.0326. The summed E-state index contributed by atoms with van der Waals surface area (Å²) in [7, 11) is 0. The van der Waals surface area contributed by atoms with Gasteiger partial charge in [-0.1, -0.05) is 13.8 Å². The highest BCUT2D eigenvalue weighted by Crippen LogP contribution is 2.25. The fraction of sp³-hybridized carbons (Fsp3) is 0.818. The molecule has 0 spiro atoms. The summed E-state index contributed by atoms with van der Waals surface area (Å²) in [6.45, 7) is 6.74. The van der Waals surface area contributed by atoms with E-state index in [1.165, 1.54) is 0 Å². The summed E-state index contributed by atoms with van der Waals surface area (Å²) in [5.74, 6) is -0.786. The second-order valence-electron chi connectivity index (χ2n) is 5.04. The number of carboxylic acids is 1. The van der Waals surface area contributed by atoms with Crippen molar-refractivity contribution in [1.29, 1.82) is 0 Å². The lowest BCUT2D eigenvalue weighted by atomic mass is 9.85. The van der Waals surface area contributed by atoms with Crippen LogP contribution in [0.3, 0.4) is 0 Å². The van der Waals surface area contributed by atoms with Crippen molar-refractivity contribution in [2.24, 2.45) is 5.41 Å². The van der Waals surface area contributed by atoms with Crippen LogP contribution in [0.4, 0.5) is 0 Å². The van der Waals surface area contributed by atoms with E-state index in [9.17, 15) is 9.59 Å². The number of carbonyl (C=O) groups excluding carboxylic acids is 1. The number of piperazine rings is 1. The molecule has 1 aliphatic rings. The van der Waals surface area contributed by atoms with Gasteiger partial charge in [0.2, 0.25) is 5.91 Å². The Morgan fingerprint density at radius 1 is 1.25 bits per heavy atom. The predicted octanol–water partition coefficient (Wildman–Crippen LogP) is 0.309. The van der Waals surface area contributed by atoms with Crippen molar-refractivity contribution < 1.29 is 14.7 Å². The minimum Gasteiger partial charge on any atom is -0.481 e. The summed E-state index contributed by atoms with van der Waals surface area (Å²) in [6, 6.07) is 0. The van der Waals surface area contributed by atoms with E-state index in [-0.39, 0.29) is 12.3 Å². The van der Waals surface area contributed by atoms with Crippen molar-refractivity contribution in [1.82, 2.24) is 10.2 Å². The van der Waals surface area contributed by atoms with Gasteiger partial charge in [-0.3, -0.25) is 9.59 Å². The van der Waals surface area contributed by atoms with Crippen LogP contribution in [0.5, 0.6) is 0 Å². The van der Waals surface area contributed by atoms with Gasteiger partial charge in [-0.25, -0.2) is 0 Å². The molecule has 0 radical (unpaired) electrons. The third kappa shape index (κ3) is 4.18. The average Bonchev–Trinajstić information content (AvgIpc) is 2.16. The standard InChI is InChI=1S/C11H20N2O3/c1-11(2,8-10(15)16)7-9(14)13-5-3-12-4-6-13/h12H,3-8H2,1-2H3,(H,15,16). The maximum atomic E-state index is 11.9. The van der Waals surface area contributed by atoms with E-state index in [1.807, 2.05) is 13.8 Å². The van der Waals surface area contributed by atoms with Gasteiger partial charge in [0.15, 0.2) is 0 Å². The molecule has 0 aromatic rings. The molecule has 1 heterocycles. The number of aliphatic carboxylic acids is 1. The minimum atomic E-state index is -0.849. The lowest BCUT2D eigenvalue weighted by Gasteiger charge is -2.31. The van der Waals surface area contributed by atoms with E-state index in [2.05, 4.69) is 5.32 Å². The molecule has 0 atom stereocenters. The predicted molar refractivity (Wildman–Crippen MR) is 60.1 cm³/mol. The summed E-state index contributed by atoms with van der Waals surface area (Å²) in [5, 5.41) is 11.9. The second kappa shape index (κ2) is 5.30. The summed E-state index contributed by atoms with van der Waals surface area (Å²) in [6.07, 6.45) is 0.337. The number of nitrogens with one attached hydrogen (secondary N) is 1. The normalized spacial score (nSPS) is 17.2. The van der Waals surface area contributed by atoms with Crippen LogP contribution in [0.1, 0.15) is 26.7 Å². The molecule has 16 heavy (non-hydrogen) atoms. The summed E-state index contributed by atoms with van der Waals surface area (Å²) in [4.78, 5) is 24.3. The quantitative estimate of drug-likeness (QED) is 0.726. The summed E-state index contributed by atoms with van der Waals surface area (Å²) in [5.41, 5.74) is -0.464. The summed E-state index contributed by atoms with van der Waals surface area (Å²) < 4.78 is 0. The highest BCUT2D eigenvalue weighted by atomic mass is 16.4. The molecule has 92 valence electrons. The van der Waals surface area contributed by atoms with Crippen LogP contribution < -0.4 is 5.32 Å². The van der Waals surface area contributed by atoms with Gasteiger partial charge in [0.1, 0.15) is 0 Å². The molecule has 0 unspecified atom stereocenters. The van der Waals surface area contributed by atoms with Crippen LogP contribution >= 0.6 is 0 Å². The van der Waals surface area contributed by atoms with Gasteiger partial charge < -0.3 is 15.3 Å². The van der Waals surface area contributed by atoms with Gasteiger partial charge in [0.25, 0.3) is 0 Å². The number of amides is 1. The number of hydrogen-bond donors (Lipinski definition) is 2. The van der Waals surface area contributed by atoms with Crippen LogP contribution in [0.2, 0.25) is 0 Å². The van der Waals surface area contributed by atoms with Crippen molar-refractivity contribution in [3.05, 3.63) is 0 Å². The van der Waals surface area contributed by atoms with Gasteiger partial charge in [-0.2, -0.15) is 0 Å². The number of hydrogen-bond acceptors (Lipinski definition) is 3. The van der Waals surface area contributed by atoms with Gasteiger partial charge in [-0.15, -0.1) is 0 Å². The molecule has 1 rings (SSSR count). The zero-order chi connectivity index (χ0) is 12.2. The molecule has 2 N–H and O–H groups in total. The second-order valence-corrected chi connectivity index (χ2v) is 5.04. The Kier molecular flexibility index (Phi) is 4.29. The van der Waals surface area contributed by atoms with Gasteiger partial charge in [0, 0.05) is 32.6 Å². The molecule has 1 aliphatic heterocycles. The van der Waals surface area contributed by atoms with E-state index in [0.29, 0.717) is 6.42 Å². The van der Waals surface area contributed by atoms with E-state index < -0.39 is 11.4 Å². The summed E-state index contributed by atoms with van der Waals surface area (Å²) >= 11 is 0. The zero-order valence-electron chi connectivity index (χ0n) is 9.95. The largest absolute Gasteiger partial charge is 0.481 e. The molecule has 5 nitrogen and oxygen atoms in total. The fourth-order valence-corrected chi connectivity index (χ4v) is 1.91. The van der Waals surface area contributed by atoms with E-state index in [1.54, 1.807) is 4.90 Å². The Morgan fingerprint density at radius 3 is 2.31 bits per heavy atom. The molecule has 5 heteroatoms. The first-order valence-corrected chi connectivity index (χ1v) is 5.61. The molecular weight excluding hydrogens is 208 g/mol. The maximum Gasteiger partial charge on any atom is 0.303 e. The molecule has 1 fully saturated rings. The van der Waals surface area contributed by atoms with Crippen LogP contribution in [-0.4, -0.2) is 48.1 Å². The van der Waals surface area contributed by atoms with Crippen LogP contribution in [-0.2, 0) is 9.59 Å². The average molecular weight is 228 g/mol. The number of carbonyl (C=O) groups is 2. The lowest BCUT2D eigenvalue weighted by molar-refractivity contribution is -0.140. The molecule has 0 aromatic carbocycles. The van der Waals surface area contributed by atoms with Crippen molar-refractivity contribution in [2.45, 2.75) is 26.7 Å². The molecule has 0 aromatic heterocycles. The molecule has 0 bridgehead atoms. The Hall–Kier alpha value is -1.10. The zero-order valence-corrected chi connectivity index (χ0v) is 9.95. The number of rotatable bonds is 4. The number of nitrogens with zero attached hydrogens (tertiary/aromatic N) is 1. The van der Waals surface area contributed by atoms with Crippen LogP contribution in [0.15, 0.2) is 0 Å². The van der Waals surface area contributed by atoms with Gasteiger partial charge in [-0.05, 0) is 5.41 Å². The third-order valence-electron chi connectivity index (χ3n) is 2.73. The first-order valence-electron chi connectivity index (χ1n) is 5.61. The van der Waals surface area contributed by atoms with Gasteiger partial charge >= 0.3 is 5.97 Å². The fourth-order valence-electron chi connectivity index (χ4n) is 1.91. The van der Waals surface area contributed by atoms with Crippen molar-refractivity contribution in [3.63, 3.8) is 0 Å². The SMILES string of the molecule is CC(C)(CC(=O)O)CC(=O)N1CCNCC1. The molecular formula is C11H20N2O3. The van der Waals surface area contributed by atoms with E-state index in [4.69, 9.17) is 5.11 Å². The van der Waals surface area contributed by atoms with Gasteiger partial charge in [0.05, 0.1) is 6.42 Å². The van der Waals surface area contributed by atoms with E-state index >= 15 is 0 Å².